The van der Waals surface area contributed by atoms with Crippen LogP contribution in [0.5, 0.6) is 0 Å². The average Bonchev–Trinajstić information content (AvgIpc) is 3.14. The van der Waals surface area contributed by atoms with Gasteiger partial charge >= 0.3 is 0 Å². The zero-order valence-corrected chi connectivity index (χ0v) is 18.6. The fourth-order valence-electron chi connectivity index (χ4n) is 5.37. The highest BCUT2D eigenvalue weighted by atomic mass is 35.5. The summed E-state index contributed by atoms with van der Waals surface area (Å²) in [6, 6.07) is 10.4. The summed E-state index contributed by atoms with van der Waals surface area (Å²) < 4.78 is 0. The summed E-state index contributed by atoms with van der Waals surface area (Å²) in [4.78, 5) is 26.1. The highest BCUT2D eigenvalue weighted by molar-refractivity contribution is 6.31. The van der Waals surface area contributed by atoms with Crippen LogP contribution in [0.1, 0.15) is 65.5 Å². The summed E-state index contributed by atoms with van der Waals surface area (Å²) in [5, 5.41) is 15.4. The smallest absolute Gasteiger partial charge is 0.269 e. The van der Waals surface area contributed by atoms with Gasteiger partial charge in [0.1, 0.15) is 0 Å². The van der Waals surface area contributed by atoms with Crippen LogP contribution in [0.25, 0.3) is 0 Å². The molecule has 3 unspecified atom stereocenters. The van der Waals surface area contributed by atoms with Gasteiger partial charge in [0, 0.05) is 53.0 Å². The maximum Gasteiger partial charge on any atom is 0.269 e. The predicted molar refractivity (Wildman–Crippen MR) is 125 cm³/mol. The zero-order chi connectivity index (χ0) is 22.2. The van der Waals surface area contributed by atoms with Gasteiger partial charge in [-0.3, -0.25) is 14.9 Å². The van der Waals surface area contributed by atoms with E-state index in [1.807, 2.05) is 23.1 Å². The number of amides is 1. The van der Waals surface area contributed by atoms with E-state index in [2.05, 4.69) is 17.5 Å². The van der Waals surface area contributed by atoms with E-state index in [-0.39, 0.29) is 34.4 Å². The van der Waals surface area contributed by atoms with Crippen LogP contribution in [0.15, 0.2) is 48.6 Å². The molecule has 1 saturated heterocycles. The molecule has 2 aromatic carbocycles. The largest absolute Gasteiger partial charge is 0.378 e. The Kier molecular flexibility index (Phi) is 5.64. The Balaban J connectivity index is 1.48. The number of nitrogens with zero attached hydrogens (tertiary/aromatic N) is 2. The van der Waals surface area contributed by atoms with Crippen LogP contribution in [0.2, 0.25) is 5.02 Å². The van der Waals surface area contributed by atoms with Crippen LogP contribution in [-0.2, 0) is 0 Å². The van der Waals surface area contributed by atoms with Crippen LogP contribution in [-0.4, -0.2) is 28.8 Å². The van der Waals surface area contributed by atoms with Crippen molar-refractivity contribution in [2.45, 2.75) is 44.1 Å². The lowest BCUT2D eigenvalue weighted by Gasteiger charge is -2.38. The van der Waals surface area contributed by atoms with Crippen LogP contribution in [0.3, 0.4) is 0 Å². The van der Waals surface area contributed by atoms with Gasteiger partial charge in [0.2, 0.25) is 0 Å². The van der Waals surface area contributed by atoms with E-state index in [9.17, 15) is 14.9 Å². The van der Waals surface area contributed by atoms with Gasteiger partial charge in [-0.15, -0.1) is 0 Å². The van der Waals surface area contributed by atoms with Crippen molar-refractivity contribution in [1.29, 1.82) is 0 Å². The summed E-state index contributed by atoms with van der Waals surface area (Å²) in [5.74, 6) is 0.436. The molecule has 7 heteroatoms. The number of non-ortho nitro benzene ring substituents is 1. The molecule has 166 valence electrons. The summed E-state index contributed by atoms with van der Waals surface area (Å²) in [6.45, 7) is 1.65. The summed E-state index contributed by atoms with van der Waals surface area (Å²) in [5.41, 5.74) is 3.59. The van der Waals surface area contributed by atoms with Crippen LogP contribution in [0.4, 0.5) is 11.4 Å². The molecule has 0 radical (unpaired) electrons. The van der Waals surface area contributed by atoms with E-state index >= 15 is 0 Å². The monoisotopic (exact) mass is 451 g/mol. The van der Waals surface area contributed by atoms with Gasteiger partial charge < -0.3 is 10.2 Å². The Labute approximate surface area is 192 Å². The molecule has 1 aliphatic carbocycles. The van der Waals surface area contributed by atoms with E-state index in [1.165, 1.54) is 18.9 Å². The van der Waals surface area contributed by atoms with Gasteiger partial charge in [0.05, 0.1) is 11.0 Å². The Morgan fingerprint density at radius 3 is 2.59 bits per heavy atom. The SMILES string of the molecule is O=C(c1ccc2c(c1)C1C=CCC1C(c1cc([N+](=O)[O-])ccc1Cl)N2)N1CCCCCC1. The maximum absolute atomic E-state index is 13.2. The van der Waals surface area contributed by atoms with E-state index in [1.54, 1.807) is 12.1 Å². The lowest BCUT2D eigenvalue weighted by Crippen LogP contribution is -2.33. The molecule has 3 atom stereocenters. The number of nitrogens with one attached hydrogen (secondary N) is 1. The standard InChI is InChI=1S/C25H26ClN3O3/c26-22-10-9-17(29(31)32)15-21(22)24-19-7-5-6-18(19)20-14-16(8-11-23(20)27-24)25(30)28-12-3-1-2-4-13-28/h5-6,8-11,14-15,18-19,24,27H,1-4,7,12-13H2. The van der Waals surface area contributed by atoms with Crippen molar-refractivity contribution in [3.8, 4) is 0 Å². The van der Waals surface area contributed by atoms with Crippen molar-refractivity contribution in [2.75, 3.05) is 18.4 Å². The molecule has 0 aromatic heterocycles. The molecule has 0 saturated carbocycles. The number of anilines is 1. The third-order valence-corrected chi connectivity index (χ3v) is 7.37. The van der Waals surface area contributed by atoms with E-state index in [4.69, 9.17) is 11.6 Å². The number of halogens is 1. The number of allylic oxidation sites excluding steroid dienone is 2. The minimum absolute atomic E-state index is 0.0397. The lowest BCUT2D eigenvalue weighted by atomic mass is 9.76. The molecule has 6 nitrogen and oxygen atoms in total. The topological polar surface area (TPSA) is 75.5 Å². The quantitative estimate of drug-likeness (QED) is 0.348. The van der Waals surface area contributed by atoms with E-state index in [0.717, 1.165) is 54.7 Å². The van der Waals surface area contributed by atoms with Gasteiger partial charge in [-0.1, -0.05) is 36.6 Å². The van der Waals surface area contributed by atoms with Crippen LogP contribution >= 0.6 is 11.6 Å². The van der Waals surface area contributed by atoms with Gasteiger partial charge in [0.25, 0.3) is 11.6 Å². The Morgan fingerprint density at radius 2 is 1.84 bits per heavy atom. The first kappa shape index (κ1) is 21.0. The number of fused-ring (bicyclic) bond motifs is 3. The zero-order valence-electron chi connectivity index (χ0n) is 17.8. The molecule has 2 heterocycles. The molecule has 1 fully saturated rings. The molecule has 1 amide bonds. The Bertz CT molecular complexity index is 1090. The number of carbonyl (C=O) groups is 1. The first-order valence-electron chi connectivity index (χ1n) is 11.3. The highest BCUT2D eigenvalue weighted by Gasteiger charge is 2.39. The van der Waals surface area contributed by atoms with Crippen molar-refractivity contribution in [1.82, 2.24) is 4.90 Å². The van der Waals surface area contributed by atoms with Crippen LogP contribution < -0.4 is 5.32 Å². The van der Waals surface area contributed by atoms with Crippen molar-refractivity contribution >= 4 is 28.9 Å². The van der Waals surface area contributed by atoms with Crippen molar-refractivity contribution in [2.24, 2.45) is 5.92 Å². The molecule has 3 aliphatic rings. The van der Waals surface area contributed by atoms with Crippen LogP contribution in [0, 0.1) is 16.0 Å². The highest BCUT2D eigenvalue weighted by Crippen LogP contribution is 2.51. The second kappa shape index (κ2) is 8.58. The van der Waals surface area contributed by atoms with E-state index < -0.39 is 0 Å². The molecule has 0 spiro atoms. The number of rotatable bonds is 3. The number of nitro benzene ring substituents is 1. The summed E-state index contributed by atoms with van der Waals surface area (Å²) in [7, 11) is 0. The minimum atomic E-state index is -0.387. The number of benzene rings is 2. The molecule has 5 rings (SSSR count). The molecular weight excluding hydrogens is 426 g/mol. The fraction of sp³-hybridized carbons (Fsp3) is 0.400. The minimum Gasteiger partial charge on any atom is -0.378 e. The number of carbonyl (C=O) groups excluding carboxylic acids is 1. The number of likely N-dealkylation sites (tertiary alicyclic amines) is 1. The van der Waals surface area contributed by atoms with Gasteiger partial charge in [-0.05, 0) is 55.0 Å². The summed E-state index contributed by atoms with van der Waals surface area (Å²) in [6.07, 6.45) is 9.72. The van der Waals surface area contributed by atoms with Gasteiger partial charge in [-0.25, -0.2) is 0 Å². The normalized spacial score (nSPS) is 24.3. The number of hydrogen-bond donors (Lipinski definition) is 1. The first-order chi connectivity index (χ1) is 15.5. The number of nitro groups is 1. The average molecular weight is 452 g/mol. The van der Waals surface area contributed by atoms with Crippen molar-refractivity contribution < 1.29 is 9.72 Å². The fourth-order valence-corrected chi connectivity index (χ4v) is 5.61. The molecule has 1 N–H and O–H groups in total. The molecule has 32 heavy (non-hydrogen) atoms. The van der Waals surface area contributed by atoms with Crippen molar-refractivity contribution in [3.63, 3.8) is 0 Å². The lowest BCUT2D eigenvalue weighted by molar-refractivity contribution is -0.384. The van der Waals surface area contributed by atoms with Crippen molar-refractivity contribution in [3.05, 3.63) is 80.4 Å². The second-order valence-electron chi connectivity index (χ2n) is 8.95. The summed E-state index contributed by atoms with van der Waals surface area (Å²) >= 11 is 6.48. The number of hydrogen-bond acceptors (Lipinski definition) is 4. The van der Waals surface area contributed by atoms with E-state index in [0.29, 0.717) is 5.02 Å². The molecule has 0 bridgehead atoms. The maximum atomic E-state index is 13.2. The Morgan fingerprint density at radius 1 is 1.06 bits per heavy atom. The third-order valence-electron chi connectivity index (χ3n) is 7.03. The molecular formula is C25H26ClN3O3. The first-order valence-corrected chi connectivity index (χ1v) is 11.7. The predicted octanol–water partition coefficient (Wildman–Crippen LogP) is 6.09. The molecule has 2 aliphatic heterocycles. The second-order valence-corrected chi connectivity index (χ2v) is 9.35. The molecule has 2 aromatic rings. The van der Waals surface area contributed by atoms with Gasteiger partial charge in [-0.2, -0.15) is 0 Å². The third kappa shape index (κ3) is 3.77. The van der Waals surface area contributed by atoms with Gasteiger partial charge in [0.15, 0.2) is 0 Å². The Hall–Kier alpha value is -2.86.